The van der Waals surface area contributed by atoms with E-state index in [1.807, 2.05) is 6.07 Å². The number of piperazine rings is 1. The van der Waals surface area contributed by atoms with Crippen molar-refractivity contribution in [1.29, 1.82) is 5.41 Å². The van der Waals surface area contributed by atoms with Crippen molar-refractivity contribution in [3.8, 4) is 0 Å². The van der Waals surface area contributed by atoms with Crippen LogP contribution in [0.2, 0.25) is 0 Å². The number of hydrogen-bond acceptors (Lipinski definition) is 7. The molecule has 7 nitrogen and oxygen atoms in total. The summed E-state index contributed by atoms with van der Waals surface area (Å²) >= 11 is 1.54. The quantitative estimate of drug-likeness (QED) is 0.198. The van der Waals surface area contributed by atoms with Crippen LogP contribution in [-0.2, 0) is 0 Å². The second-order valence-corrected chi connectivity index (χ2v) is 9.21. The van der Waals surface area contributed by atoms with Gasteiger partial charge in [0.25, 0.3) is 5.56 Å². The molecule has 2 fully saturated rings. The van der Waals surface area contributed by atoms with E-state index in [1.165, 1.54) is 35.3 Å². The van der Waals surface area contributed by atoms with Gasteiger partial charge in [-0.1, -0.05) is 6.21 Å². The monoisotopic (exact) mass is 517 g/mol. The van der Waals surface area contributed by atoms with Crippen LogP contribution in [0.4, 0.5) is 15.9 Å². The summed E-state index contributed by atoms with van der Waals surface area (Å²) in [6.07, 6.45) is 7.57. The Morgan fingerprint density at radius 2 is 2.00 bits per heavy atom. The average molecular weight is 518 g/mol. The van der Waals surface area contributed by atoms with Gasteiger partial charge < -0.3 is 22.5 Å². The number of nitrogens with one attached hydrogen (secondary N) is 3. The normalized spacial score (nSPS) is 14.9. The number of allylic oxidation sites excluding steroid dienone is 1. The van der Waals surface area contributed by atoms with Crippen LogP contribution in [0.15, 0.2) is 46.2 Å². The standard InChI is InChI=1S/C22H22FN6OS.C3H5.K/c1-14(12-24)16-3-6-20-27-21(15(2)22(30)29(20)13-16)26-19-5-4-17(11-18(19)23)31-28-9-7-25-8-10-28;1-2-3-1;/h1,3-6,11-13,24-26H,7-10H2,2H3;1H,2-3H2;/q2*-1;+1. The van der Waals surface area contributed by atoms with Crippen molar-refractivity contribution in [2.24, 2.45) is 0 Å². The third-order valence-electron chi connectivity index (χ3n) is 5.33. The first-order valence-electron chi connectivity index (χ1n) is 11.1. The molecule has 0 radical (unpaired) electrons. The van der Waals surface area contributed by atoms with Crippen molar-refractivity contribution < 1.29 is 55.8 Å². The molecule has 3 heterocycles. The Bertz CT molecular complexity index is 1270. The zero-order chi connectivity index (χ0) is 24.1. The van der Waals surface area contributed by atoms with Gasteiger partial charge in [0.1, 0.15) is 17.3 Å². The fraction of sp³-hybridized carbons (Fsp3) is 0.280. The molecule has 2 aromatic heterocycles. The molecule has 1 aliphatic carbocycles. The molecule has 1 saturated carbocycles. The Balaban J connectivity index is 0.000000795. The number of nitrogens with zero attached hydrogens (tertiary/aromatic N) is 3. The van der Waals surface area contributed by atoms with Crippen LogP contribution in [-0.4, -0.2) is 46.1 Å². The van der Waals surface area contributed by atoms with Gasteiger partial charge in [-0.3, -0.25) is 9.20 Å². The van der Waals surface area contributed by atoms with E-state index >= 15 is 0 Å². The average Bonchev–Trinajstić information content (AvgIpc) is 3.74. The largest absolute Gasteiger partial charge is 1.00 e. The molecule has 1 aliphatic heterocycles. The van der Waals surface area contributed by atoms with Crippen LogP contribution >= 0.6 is 11.9 Å². The first-order chi connectivity index (χ1) is 16.5. The Kier molecular flexibility index (Phi) is 10.7. The molecule has 3 N–H and O–H groups in total. The summed E-state index contributed by atoms with van der Waals surface area (Å²) in [5.74, 6) is -0.117. The smallest absolute Gasteiger partial charge is 0.372 e. The van der Waals surface area contributed by atoms with Crippen LogP contribution in [0.3, 0.4) is 0 Å². The molecule has 178 valence electrons. The second kappa shape index (κ2) is 13.3. The van der Waals surface area contributed by atoms with Gasteiger partial charge in [-0.2, -0.15) is 5.57 Å². The predicted octanol–water partition coefficient (Wildman–Crippen LogP) is 1.25. The molecule has 0 atom stereocenters. The van der Waals surface area contributed by atoms with Gasteiger partial charge in [-0.05, 0) is 49.3 Å². The van der Waals surface area contributed by atoms with Crippen LogP contribution < -0.4 is 67.6 Å². The van der Waals surface area contributed by atoms with Crippen molar-refractivity contribution in [3.63, 3.8) is 0 Å². The van der Waals surface area contributed by atoms with Crippen molar-refractivity contribution in [2.45, 2.75) is 24.7 Å². The van der Waals surface area contributed by atoms with E-state index in [9.17, 15) is 9.18 Å². The molecule has 5 rings (SSSR count). The van der Waals surface area contributed by atoms with Crippen LogP contribution in [0, 0.1) is 31.1 Å². The molecule has 1 aromatic carbocycles. The first-order valence-corrected chi connectivity index (χ1v) is 11.9. The number of fused-ring (bicyclic) bond motifs is 1. The molecule has 2 aliphatic rings. The maximum absolute atomic E-state index is 14.8. The minimum atomic E-state index is -0.412. The molecule has 1 saturated heterocycles. The van der Waals surface area contributed by atoms with Crippen LogP contribution in [0.25, 0.3) is 11.2 Å². The number of rotatable bonds is 6. The molecular weight excluding hydrogens is 490 g/mol. The molecule has 0 unspecified atom stereocenters. The third kappa shape index (κ3) is 7.56. The van der Waals surface area contributed by atoms with Gasteiger partial charge in [0.15, 0.2) is 0 Å². The van der Waals surface area contributed by atoms with Gasteiger partial charge in [-0.25, -0.2) is 33.1 Å². The van der Waals surface area contributed by atoms with E-state index in [0.717, 1.165) is 37.3 Å². The van der Waals surface area contributed by atoms with Gasteiger partial charge >= 0.3 is 51.4 Å². The van der Waals surface area contributed by atoms with E-state index in [2.05, 4.69) is 26.3 Å². The summed E-state index contributed by atoms with van der Waals surface area (Å²) in [6, 6.07) is 8.32. The van der Waals surface area contributed by atoms with Gasteiger partial charge in [0.2, 0.25) is 0 Å². The Morgan fingerprint density at radius 1 is 1.29 bits per heavy atom. The van der Waals surface area contributed by atoms with Gasteiger partial charge in [0, 0.05) is 31.1 Å². The molecule has 10 heteroatoms. The van der Waals surface area contributed by atoms with Crippen LogP contribution in [0.1, 0.15) is 24.0 Å². The maximum atomic E-state index is 14.8. The molecule has 3 aromatic rings. The van der Waals surface area contributed by atoms with Crippen LogP contribution in [0.5, 0.6) is 0 Å². The van der Waals surface area contributed by atoms with Gasteiger partial charge in [0.05, 0.1) is 11.3 Å². The zero-order valence-corrected chi connectivity index (χ0v) is 23.9. The summed E-state index contributed by atoms with van der Waals surface area (Å²) in [5, 5.41) is 13.5. The fourth-order valence-electron chi connectivity index (χ4n) is 3.27. The number of anilines is 2. The molecule has 0 spiro atoms. The third-order valence-corrected chi connectivity index (χ3v) is 6.42. The molecule has 0 amide bonds. The van der Waals surface area contributed by atoms with Crippen molar-refractivity contribution in [2.75, 3.05) is 31.5 Å². The summed E-state index contributed by atoms with van der Waals surface area (Å²) in [5.41, 5.74) is 1.50. The second-order valence-electron chi connectivity index (χ2n) is 8.04. The fourth-order valence-corrected chi connectivity index (χ4v) is 4.22. The molecule has 0 bridgehead atoms. The number of pyridine rings is 1. The Labute approximate surface area is 251 Å². The molecular formula is C25H27FKN6OS-. The Morgan fingerprint density at radius 3 is 2.63 bits per heavy atom. The minimum Gasteiger partial charge on any atom is -0.372 e. The number of aromatic nitrogens is 2. The summed E-state index contributed by atoms with van der Waals surface area (Å²) in [4.78, 5) is 18.1. The van der Waals surface area contributed by atoms with Gasteiger partial charge in [-0.15, -0.1) is 11.6 Å². The predicted molar refractivity (Wildman–Crippen MR) is 136 cm³/mol. The Hall–Kier alpha value is -1.37. The summed E-state index contributed by atoms with van der Waals surface area (Å²) in [6.45, 7) is 11.1. The van der Waals surface area contributed by atoms with E-state index in [-0.39, 0.29) is 68.2 Å². The number of benzene rings is 1. The zero-order valence-electron chi connectivity index (χ0n) is 20.0. The summed E-state index contributed by atoms with van der Waals surface area (Å²) < 4.78 is 18.3. The van der Waals surface area contributed by atoms with Crippen molar-refractivity contribution in [1.82, 2.24) is 19.0 Å². The maximum Gasteiger partial charge on any atom is 1.00 e. The van der Waals surface area contributed by atoms with E-state index in [1.54, 1.807) is 31.3 Å². The van der Waals surface area contributed by atoms with Crippen molar-refractivity contribution in [3.05, 3.63) is 76.8 Å². The molecule has 35 heavy (non-hydrogen) atoms. The van der Waals surface area contributed by atoms with E-state index in [4.69, 9.17) is 12.0 Å². The SMILES string of the molecule is [CH-]1CC1.[CH-]=C(C=N)c1ccc2nc(Nc3ccc(SN4CCNCC4)cc3F)c(C)c(=O)n2c1.[K+]. The topological polar surface area (TPSA) is 85.5 Å². The number of halogens is 1. The van der Waals surface area contributed by atoms with E-state index in [0.29, 0.717) is 22.6 Å². The van der Waals surface area contributed by atoms with E-state index < -0.39 is 5.82 Å². The summed E-state index contributed by atoms with van der Waals surface area (Å²) in [7, 11) is 0. The number of hydrogen-bond donors (Lipinski definition) is 3. The minimum absolute atomic E-state index is 0. The first kappa shape index (κ1) is 28.2. The van der Waals surface area contributed by atoms with Crippen molar-refractivity contribution >= 4 is 40.9 Å².